The number of hydrogen-bond donors (Lipinski definition) is 3. The molecule has 0 saturated heterocycles. The molecule has 1 heterocycles. The lowest BCUT2D eigenvalue weighted by Crippen LogP contribution is -2.38. The third kappa shape index (κ3) is 3.50. The van der Waals surface area contributed by atoms with Crippen molar-refractivity contribution in [1.82, 2.24) is 10.5 Å². The number of aliphatic hydroxyl groups excluding tert-OH is 1. The van der Waals surface area contributed by atoms with Gasteiger partial charge in [-0.25, -0.2) is 4.79 Å². The quantitative estimate of drug-likeness (QED) is 0.789. The van der Waals surface area contributed by atoms with Crippen molar-refractivity contribution in [2.75, 3.05) is 11.9 Å². The van der Waals surface area contributed by atoms with Crippen LogP contribution in [0.3, 0.4) is 0 Å². The van der Waals surface area contributed by atoms with Crippen molar-refractivity contribution in [2.24, 2.45) is 5.92 Å². The molecule has 0 bridgehead atoms. The van der Waals surface area contributed by atoms with Gasteiger partial charge in [0.1, 0.15) is 11.4 Å². The SMILES string of the molecule is CCc1noc(C)c1NC(=O)NC[C@@H]1CCCC[C@H]1O. The van der Waals surface area contributed by atoms with Crippen LogP contribution in [0.1, 0.15) is 44.1 Å². The molecular weight excluding hydrogens is 258 g/mol. The van der Waals surface area contributed by atoms with Crippen LogP contribution < -0.4 is 10.6 Å². The van der Waals surface area contributed by atoms with Gasteiger partial charge >= 0.3 is 6.03 Å². The highest BCUT2D eigenvalue weighted by Gasteiger charge is 2.23. The van der Waals surface area contributed by atoms with E-state index < -0.39 is 0 Å². The van der Waals surface area contributed by atoms with Gasteiger partial charge < -0.3 is 20.3 Å². The highest BCUT2D eigenvalue weighted by atomic mass is 16.5. The van der Waals surface area contributed by atoms with Crippen molar-refractivity contribution in [3.05, 3.63) is 11.5 Å². The Labute approximate surface area is 118 Å². The number of aromatic nitrogens is 1. The molecule has 112 valence electrons. The third-order valence-corrected chi connectivity index (χ3v) is 3.90. The number of hydrogen-bond acceptors (Lipinski definition) is 4. The minimum Gasteiger partial charge on any atom is -0.393 e. The van der Waals surface area contributed by atoms with Crippen LogP contribution in [0.25, 0.3) is 0 Å². The molecule has 1 saturated carbocycles. The number of amides is 2. The molecule has 1 aliphatic rings. The first kappa shape index (κ1) is 14.8. The van der Waals surface area contributed by atoms with Crippen molar-refractivity contribution >= 4 is 11.7 Å². The molecule has 1 aromatic rings. The first-order valence-corrected chi connectivity index (χ1v) is 7.29. The number of urea groups is 1. The molecule has 6 nitrogen and oxygen atoms in total. The van der Waals surface area contributed by atoms with Crippen LogP contribution in [-0.2, 0) is 6.42 Å². The Bertz CT molecular complexity index is 459. The lowest BCUT2D eigenvalue weighted by atomic mass is 9.86. The number of nitrogens with one attached hydrogen (secondary N) is 2. The fourth-order valence-corrected chi connectivity index (χ4v) is 2.63. The average molecular weight is 281 g/mol. The summed E-state index contributed by atoms with van der Waals surface area (Å²) in [6, 6.07) is -0.274. The molecule has 1 aliphatic carbocycles. The Morgan fingerprint density at radius 3 is 2.90 bits per heavy atom. The van der Waals surface area contributed by atoms with Crippen LogP contribution in [0.5, 0.6) is 0 Å². The Balaban J connectivity index is 1.84. The minimum atomic E-state index is -0.299. The molecule has 0 radical (unpaired) electrons. The number of aliphatic hydroxyl groups is 1. The summed E-state index contributed by atoms with van der Waals surface area (Å²) in [4.78, 5) is 11.9. The van der Waals surface area contributed by atoms with Crippen LogP contribution >= 0.6 is 0 Å². The number of rotatable bonds is 4. The van der Waals surface area contributed by atoms with Crippen LogP contribution in [0, 0.1) is 12.8 Å². The van der Waals surface area contributed by atoms with Gasteiger partial charge in [-0.1, -0.05) is 24.9 Å². The number of anilines is 1. The molecule has 1 fully saturated rings. The van der Waals surface area contributed by atoms with E-state index >= 15 is 0 Å². The molecule has 2 amide bonds. The van der Waals surface area contributed by atoms with Gasteiger partial charge in [0.15, 0.2) is 5.76 Å². The highest BCUT2D eigenvalue weighted by molar-refractivity contribution is 5.90. The van der Waals surface area contributed by atoms with Gasteiger partial charge in [0.05, 0.1) is 6.10 Å². The van der Waals surface area contributed by atoms with E-state index in [-0.39, 0.29) is 18.1 Å². The molecule has 3 N–H and O–H groups in total. The third-order valence-electron chi connectivity index (χ3n) is 3.90. The summed E-state index contributed by atoms with van der Waals surface area (Å²) in [6.07, 6.45) is 4.40. The summed E-state index contributed by atoms with van der Waals surface area (Å²) in [5.74, 6) is 0.762. The first-order chi connectivity index (χ1) is 9.61. The molecule has 0 aliphatic heterocycles. The topological polar surface area (TPSA) is 87.4 Å². The minimum absolute atomic E-state index is 0.156. The lowest BCUT2D eigenvalue weighted by molar-refractivity contribution is 0.0711. The molecule has 0 unspecified atom stereocenters. The molecular formula is C14H23N3O3. The summed E-state index contributed by atoms with van der Waals surface area (Å²) >= 11 is 0. The van der Waals surface area contributed by atoms with E-state index in [0.717, 1.165) is 31.4 Å². The second kappa shape index (κ2) is 6.74. The summed E-state index contributed by atoms with van der Waals surface area (Å²) in [5, 5.41) is 19.4. The van der Waals surface area contributed by atoms with E-state index in [1.165, 1.54) is 0 Å². The second-order valence-electron chi connectivity index (χ2n) is 5.36. The van der Waals surface area contributed by atoms with Gasteiger partial charge in [-0.3, -0.25) is 0 Å². The Kier molecular flexibility index (Phi) is 5.00. The monoisotopic (exact) mass is 281 g/mol. The second-order valence-corrected chi connectivity index (χ2v) is 5.36. The zero-order chi connectivity index (χ0) is 14.5. The van der Waals surface area contributed by atoms with Crippen LogP contribution in [0.2, 0.25) is 0 Å². The van der Waals surface area contributed by atoms with Gasteiger partial charge in [0.25, 0.3) is 0 Å². The zero-order valence-electron chi connectivity index (χ0n) is 12.1. The fraction of sp³-hybridized carbons (Fsp3) is 0.714. The van der Waals surface area contributed by atoms with Gasteiger partial charge in [-0.05, 0) is 26.2 Å². The largest absolute Gasteiger partial charge is 0.393 e. The van der Waals surface area contributed by atoms with Crippen molar-refractivity contribution < 1.29 is 14.4 Å². The van der Waals surface area contributed by atoms with Crippen LogP contribution in [0.4, 0.5) is 10.5 Å². The number of aryl methyl sites for hydroxylation is 2. The zero-order valence-corrected chi connectivity index (χ0v) is 12.1. The number of carbonyl (C=O) groups excluding carboxylic acids is 1. The van der Waals surface area contributed by atoms with Gasteiger partial charge in [-0.2, -0.15) is 0 Å². The van der Waals surface area contributed by atoms with E-state index in [0.29, 0.717) is 24.4 Å². The summed E-state index contributed by atoms with van der Waals surface area (Å²) in [5.41, 5.74) is 1.39. The molecule has 6 heteroatoms. The normalized spacial score (nSPS) is 22.6. The van der Waals surface area contributed by atoms with Crippen molar-refractivity contribution in [3.63, 3.8) is 0 Å². The van der Waals surface area contributed by atoms with E-state index in [4.69, 9.17) is 4.52 Å². The predicted octanol–water partition coefficient (Wildman–Crippen LogP) is 2.22. The maximum Gasteiger partial charge on any atom is 0.319 e. The fourth-order valence-electron chi connectivity index (χ4n) is 2.63. The maximum atomic E-state index is 11.9. The van der Waals surface area contributed by atoms with Crippen LogP contribution in [0.15, 0.2) is 4.52 Å². The van der Waals surface area contributed by atoms with Gasteiger partial charge in [0, 0.05) is 12.5 Å². The molecule has 2 atom stereocenters. The van der Waals surface area contributed by atoms with Crippen molar-refractivity contribution in [1.29, 1.82) is 0 Å². The van der Waals surface area contributed by atoms with Gasteiger partial charge in [0.2, 0.25) is 0 Å². The maximum absolute atomic E-state index is 11.9. The standard InChI is InChI=1S/C14H23N3O3/c1-3-11-13(9(2)20-17-11)16-14(19)15-8-10-6-4-5-7-12(10)18/h10,12,18H,3-8H2,1-2H3,(H2,15,16,19)/t10-,12+/m0/s1. The van der Waals surface area contributed by atoms with E-state index in [2.05, 4.69) is 15.8 Å². The predicted molar refractivity (Wildman–Crippen MR) is 75.6 cm³/mol. The Morgan fingerprint density at radius 1 is 1.45 bits per heavy atom. The highest BCUT2D eigenvalue weighted by Crippen LogP contribution is 2.24. The summed E-state index contributed by atoms with van der Waals surface area (Å²) < 4.78 is 5.07. The molecule has 20 heavy (non-hydrogen) atoms. The lowest BCUT2D eigenvalue weighted by Gasteiger charge is -2.27. The average Bonchev–Trinajstić information content (AvgIpc) is 2.79. The van der Waals surface area contributed by atoms with Crippen molar-refractivity contribution in [3.8, 4) is 0 Å². The smallest absolute Gasteiger partial charge is 0.319 e. The van der Waals surface area contributed by atoms with Crippen LogP contribution in [-0.4, -0.2) is 28.9 Å². The Morgan fingerprint density at radius 2 is 2.20 bits per heavy atom. The first-order valence-electron chi connectivity index (χ1n) is 7.29. The van der Waals surface area contributed by atoms with E-state index in [1.54, 1.807) is 6.92 Å². The van der Waals surface area contributed by atoms with E-state index in [1.807, 2.05) is 6.92 Å². The number of nitrogens with zero attached hydrogens (tertiary/aromatic N) is 1. The molecule has 0 aromatic carbocycles. The molecule has 0 spiro atoms. The van der Waals surface area contributed by atoms with E-state index in [9.17, 15) is 9.90 Å². The van der Waals surface area contributed by atoms with Crippen molar-refractivity contribution in [2.45, 2.75) is 52.1 Å². The molecule has 2 rings (SSSR count). The summed E-state index contributed by atoms with van der Waals surface area (Å²) in [7, 11) is 0. The summed E-state index contributed by atoms with van der Waals surface area (Å²) in [6.45, 7) is 4.23. The Hall–Kier alpha value is -1.56. The molecule has 1 aromatic heterocycles. The number of carbonyl (C=O) groups is 1. The van der Waals surface area contributed by atoms with Gasteiger partial charge in [-0.15, -0.1) is 0 Å².